The Bertz CT molecular complexity index is 634. The summed E-state index contributed by atoms with van der Waals surface area (Å²) in [6, 6.07) is 2.27. The fraction of sp³-hybridized carbons (Fsp3) is 0.462. The van der Waals surface area contributed by atoms with Gasteiger partial charge in [0, 0.05) is 4.88 Å². The molecule has 0 bridgehead atoms. The van der Waals surface area contributed by atoms with Crippen LogP contribution >= 0.6 is 11.3 Å². The molecule has 1 unspecified atom stereocenters. The molecule has 1 aliphatic carbocycles. The maximum atomic E-state index is 13.9. The van der Waals surface area contributed by atoms with Crippen LogP contribution in [0.4, 0.5) is 16.3 Å². The number of hydrogen-bond donors (Lipinski definition) is 2. The van der Waals surface area contributed by atoms with Crippen molar-refractivity contribution < 1.29 is 4.39 Å². The number of anilines is 2. The fourth-order valence-corrected chi connectivity index (χ4v) is 3.28. The molecule has 2 aromatic heterocycles. The molecule has 2 heterocycles. The number of halogens is 1. The summed E-state index contributed by atoms with van der Waals surface area (Å²) in [6.45, 7) is 2.80. The topological polar surface area (TPSA) is 76.7 Å². The van der Waals surface area contributed by atoms with E-state index in [1.807, 2.05) is 0 Å². The number of rotatable bonds is 3. The first kappa shape index (κ1) is 13.2. The van der Waals surface area contributed by atoms with Crippen molar-refractivity contribution in [1.82, 2.24) is 15.0 Å². The fourth-order valence-electron chi connectivity index (χ4n) is 2.32. The van der Waals surface area contributed by atoms with Crippen molar-refractivity contribution in [1.29, 1.82) is 0 Å². The van der Waals surface area contributed by atoms with Gasteiger partial charge >= 0.3 is 0 Å². The summed E-state index contributed by atoms with van der Waals surface area (Å²) in [5.74, 6) is 0.421. The van der Waals surface area contributed by atoms with Gasteiger partial charge in [-0.1, -0.05) is 0 Å². The molecule has 0 spiro atoms. The van der Waals surface area contributed by atoms with Crippen molar-refractivity contribution in [3.8, 4) is 0 Å². The minimum absolute atomic E-state index is 0.0340. The van der Waals surface area contributed by atoms with Crippen LogP contribution in [0.2, 0.25) is 0 Å². The SMILES string of the molecule is CC(C)(F)c1nc(N)nc(NC2CCc3sccc32)n1. The normalized spacial score (nSPS) is 18.1. The Morgan fingerprint density at radius 3 is 2.95 bits per heavy atom. The summed E-state index contributed by atoms with van der Waals surface area (Å²) < 4.78 is 13.9. The van der Waals surface area contributed by atoms with E-state index in [1.165, 1.54) is 24.3 Å². The van der Waals surface area contributed by atoms with Gasteiger partial charge in [0.25, 0.3) is 0 Å². The van der Waals surface area contributed by atoms with Crippen molar-refractivity contribution in [2.45, 2.75) is 38.4 Å². The standard InChI is InChI=1S/C13H16FN5S/c1-13(2,14)10-17-11(15)19-12(18-10)16-8-3-4-9-7(8)5-6-20-9/h5-6,8H,3-4H2,1-2H3,(H3,15,16,17,18,19). The number of aryl methyl sites for hydroxylation is 1. The lowest BCUT2D eigenvalue weighted by atomic mass is 10.1. The number of thiophene rings is 1. The average molecular weight is 293 g/mol. The number of nitrogens with zero attached hydrogens (tertiary/aromatic N) is 3. The molecule has 0 aliphatic heterocycles. The minimum atomic E-state index is -1.64. The first-order valence-electron chi connectivity index (χ1n) is 6.47. The number of hydrogen-bond acceptors (Lipinski definition) is 6. The lowest BCUT2D eigenvalue weighted by molar-refractivity contribution is 0.206. The smallest absolute Gasteiger partial charge is 0.228 e. The van der Waals surface area contributed by atoms with Crippen LogP contribution < -0.4 is 11.1 Å². The monoisotopic (exact) mass is 293 g/mol. The van der Waals surface area contributed by atoms with Gasteiger partial charge in [-0.05, 0) is 43.7 Å². The van der Waals surface area contributed by atoms with Crippen LogP contribution in [0, 0.1) is 0 Å². The second-order valence-corrected chi connectivity index (χ2v) is 6.35. The van der Waals surface area contributed by atoms with Crippen molar-refractivity contribution >= 4 is 23.2 Å². The van der Waals surface area contributed by atoms with E-state index in [-0.39, 0.29) is 17.8 Å². The van der Waals surface area contributed by atoms with Gasteiger partial charge in [-0.2, -0.15) is 15.0 Å². The lowest BCUT2D eigenvalue weighted by Crippen LogP contribution is -2.19. The molecular formula is C13H16FN5S. The molecule has 0 fully saturated rings. The zero-order valence-corrected chi connectivity index (χ0v) is 12.2. The number of alkyl halides is 1. The third-order valence-corrected chi connectivity index (χ3v) is 4.30. The van der Waals surface area contributed by atoms with Gasteiger partial charge in [0.2, 0.25) is 11.9 Å². The highest BCUT2D eigenvalue weighted by Gasteiger charge is 2.27. The van der Waals surface area contributed by atoms with Gasteiger partial charge in [0.1, 0.15) is 0 Å². The van der Waals surface area contributed by atoms with Crippen LogP contribution in [0.5, 0.6) is 0 Å². The van der Waals surface area contributed by atoms with Crippen molar-refractivity contribution in [2.75, 3.05) is 11.1 Å². The Balaban J connectivity index is 1.87. The maximum absolute atomic E-state index is 13.9. The van der Waals surface area contributed by atoms with E-state index < -0.39 is 5.67 Å². The predicted octanol–water partition coefficient (Wildman–Crippen LogP) is 2.82. The van der Waals surface area contributed by atoms with E-state index in [2.05, 4.69) is 31.7 Å². The van der Waals surface area contributed by atoms with Crippen LogP contribution in [-0.4, -0.2) is 15.0 Å². The van der Waals surface area contributed by atoms with E-state index in [9.17, 15) is 4.39 Å². The summed E-state index contributed by atoms with van der Waals surface area (Å²) in [7, 11) is 0. The van der Waals surface area contributed by atoms with Crippen LogP contribution in [0.25, 0.3) is 0 Å². The molecule has 0 saturated heterocycles. The molecule has 0 amide bonds. The molecule has 0 saturated carbocycles. The van der Waals surface area contributed by atoms with Crippen molar-refractivity contribution in [3.63, 3.8) is 0 Å². The van der Waals surface area contributed by atoms with Gasteiger partial charge in [-0.15, -0.1) is 11.3 Å². The molecule has 0 radical (unpaired) electrons. The minimum Gasteiger partial charge on any atom is -0.368 e. The second kappa shape index (κ2) is 4.66. The third-order valence-electron chi connectivity index (χ3n) is 3.30. The van der Waals surface area contributed by atoms with Gasteiger partial charge in [0.05, 0.1) is 6.04 Å². The Morgan fingerprint density at radius 1 is 1.40 bits per heavy atom. The van der Waals surface area contributed by atoms with Crippen LogP contribution in [0.15, 0.2) is 11.4 Å². The number of fused-ring (bicyclic) bond motifs is 1. The van der Waals surface area contributed by atoms with Crippen LogP contribution in [0.1, 0.15) is 42.6 Å². The highest BCUT2D eigenvalue weighted by atomic mass is 32.1. The molecule has 0 aromatic carbocycles. The summed E-state index contributed by atoms with van der Waals surface area (Å²) in [6.07, 6.45) is 2.04. The van der Waals surface area contributed by atoms with Gasteiger partial charge < -0.3 is 11.1 Å². The molecule has 7 heteroatoms. The number of nitrogens with two attached hydrogens (primary N) is 1. The van der Waals surface area contributed by atoms with E-state index in [0.717, 1.165) is 12.8 Å². The Hall–Kier alpha value is -1.76. The summed E-state index contributed by atoms with van der Waals surface area (Å²) >= 11 is 1.76. The Labute approximate surface area is 120 Å². The molecule has 106 valence electrons. The average Bonchev–Trinajstić information content (AvgIpc) is 2.92. The lowest BCUT2D eigenvalue weighted by Gasteiger charge is -2.16. The highest BCUT2D eigenvalue weighted by molar-refractivity contribution is 7.10. The molecule has 1 aliphatic rings. The number of nitrogen functional groups attached to an aromatic ring is 1. The van der Waals surface area contributed by atoms with Gasteiger partial charge in [-0.25, -0.2) is 4.39 Å². The molecule has 3 N–H and O–H groups in total. The number of aromatic nitrogens is 3. The largest absolute Gasteiger partial charge is 0.368 e. The van der Waals surface area contributed by atoms with Gasteiger partial charge in [0.15, 0.2) is 11.5 Å². The Morgan fingerprint density at radius 2 is 2.20 bits per heavy atom. The summed E-state index contributed by atoms with van der Waals surface area (Å²) in [5.41, 5.74) is 5.27. The summed E-state index contributed by atoms with van der Waals surface area (Å²) in [4.78, 5) is 13.4. The maximum Gasteiger partial charge on any atom is 0.228 e. The molecule has 5 nitrogen and oxygen atoms in total. The van der Waals surface area contributed by atoms with Crippen molar-refractivity contribution in [2.24, 2.45) is 0 Å². The first-order chi connectivity index (χ1) is 9.43. The molecule has 2 aromatic rings. The zero-order valence-electron chi connectivity index (χ0n) is 11.4. The second-order valence-electron chi connectivity index (χ2n) is 5.35. The molecular weight excluding hydrogens is 277 g/mol. The quantitative estimate of drug-likeness (QED) is 0.910. The molecule has 1 atom stereocenters. The predicted molar refractivity (Wildman–Crippen MR) is 77.4 cm³/mol. The van der Waals surface area contributed by atoms with E-state index >= 15 is 0 Å². The highest BCUT2D eigenvalue weighted by Crippen LogP contribution is 2.36. The summed E-state index contributed by atoms with van der Waals surface area (Å²) in [5, 5.41) is 5.31. The van der Waals surface area contributed by atoms with E-state index in [1.54, 1.807) is 11.3 Å². The number of nitrogens with one attached hydrogen (secondary N) is 1. The van der Waals surface area contributed by atoms with Crippen LogP contribution in [0.3, 0.4) is 0 Å². The Kier molecular flexibility index (Phi) is 3.08. The van der Waals surface area contributed by atoms with Gasteiger partial charge in [-0.3, -0.25) is 0 Å². The van der Waals surface area contributed by atoms with Crippen molar-refractivity contribution in [3.05, 3.63) is 27.7 Å². The first-order valence-corrected chi connectivity index (χ1v) is 7.35. The molecule has 3 rings (SSSR count). The van der Waals surface area contributed by atoms with E-state index in [4.69, 9.17) is 5.73 Å². The third kappa shape index (κ3) is 2.45. The van der Waals surface area contributed by atoms with E-state index in [0.29, 0.717) is 5.95 Å². The molecule has 20 heavy (non-hydrogen) atoms. The van der Waals surface area contributed by atoms with Crippen LogP contribution in [-0.2, 0) is 12.1 Å². The zero-order chi connectivity index (χ0) is 14.3.